The number of hydrogen-bond donors (Lipinski definition) is 1. The van der Waals surface area contributed by atoms with E-state index >= 15 is 0 Å². The lowest BCUT2D eigenvalue weighted by Gasteiger charge is -2.17. The molecule has 1 N–H and O–H groups in total. The molecule has 19 heavy (non-hydrogen) atoms. The summed E-state index contributed by atoms with van der Waals surface area (Å²) >= 11 is 0. The second kappa shape index (κ2) is 5.10. The molecule has 0 fully saturated rings. The van der Waals surface area contributed by atoms with Crippen LogP contribution in [0.4, 0.5) is 0 Å². The quantitative estimate of drug-likeness (QED) is 0.853. The van der Waals surface area contributed by atoms with Crippen molar-refractivity contribution in [1.29, 1.82) is 0 Å². The van der Waals surface area contributed by atoms with Crippen molar-refractivity contribution in [3.05, 3.63) is 80.6 Å². The second-order valence-corrected chi connectivity index (χ2v) is 4.57. The van der Waals surface area contributed by atoms with Crippen LogP contribution in [0.3, 0.4) is 0 Å². The van der Waals surface area contributed by atoms with Gasteiger partial charge in [0.1, 0.15) is 0 Å². The Bertz CT molecular complexity index is 725. The van der Waals surface area contributed by atoms with Gasteiger partial charge >= 0.3 is 5.69 Å². The van der Waals surface area contributed by atoms with Crippen molar-refractivity contribution >= 4 is 0 Å². The highest BCUT2D eigenvalue weighted by Crippen LogP contribution is 2.18. The summed E-state index contributed by atoms with van der Waals surface area (Å²) in [4.78, 5) is 25.6. The molecule has 2 aromatic rings. The summed E-state index contributed by atoms with van der Waals surface area (Å²) < 4.78 is 1.48. The van der Waals surface area contributed by atoms with Gasteiger partial charge in [-0.2, -0.15) is 0 Å². The zero-order valence-electron chi connectivity index (χ0n) is 11.0. The smallest absolute Gasteiger partial charge is 0.289 e. The zero-order chi connectivity index (χ0) is 14.0. The SMILES string of the molecule is C=CC(c1cccc(C)c1)n1cc(C)c(=O)[nH]c1=O. The first-order valence-electron chi connectivity index (χ1n) is 6.04. The number of aromatic amines is 1. The van der Waals surface area contributed by atoms with E-state index in [9.17, 15) is 9.59 Å². The molecule has 98 valence electrons. The molecule has 0 radical (unpaired) electrons. The molecular weight excluding hydrogens is 240 g/mol. The van der Waals surface area contributed by atoms with E-state index in [4.69, 9.17) is 0 Å². The molecule has 0 aliphatic rings. The number of allylic oxidation sites excluding steroid dienone is 1. The maximum atomic E-state index is 11.9. The highest BCUT2D eigenvalue weighted by Gasteiger charge is 2.12. The molecule has 1 atom stereocenters. The Balaban J connectivity index is 2.61. The number of nitrogens with one attached hydrogen (secondary N) is 1. The fourth-order valence-corrected chi connectivity index (χ4v) is 2.06. The van der Waals surface area contributed by atoms with Crippen LogP contribution >= 0.6 is 0 Å². The molecule has 1 aromatic carbocycles. The Morgan fingerprint density at radius 1 is 1.32 bits per heavy atom. The topological polar surface area (TPSA) is 54.9 Å². The minimum absolute atomic E-state index is 0.289. The van der Waals surface area contributed by atoms with Gasteiger partial charge in [0.2, 0.25) is 0 Å². The number of H-pyrrole nitrogens is 1. The third kappa shape index (κ3) is 2.57. The highest BCUT2D eigenvalue weighted by molar-refractivity contribution is 5.28. The number of aryl methyl sites for hydroxylation is 2. The lowest BCUT2D eigenvalue weighted by molar-refractivity contribution is 0.640. The zero-order valence-corrected chi connectivity index (χ0v) is 11.0. The third-order valence-corrected chi connectivity index (χ3v) is 3.05. The van der Waals surface area contributed by atoms with Crippen LogP contribution < -0.4 is 11.2 Å². The van der Waals surface area contributed by atoms with Crippen molar-refractivity contribution in [2.75, 3.05) is 0 Å². The Hall–Kier alpha value is -2.36. The molecule has 0 spiro atoms. The summed E-state index contributed by atoms with van der Waals surface area (Å²) in [6, 6.07) is 7.57. The van der Waals surface area contributed by atoms with Gasteiger partial charge in [-0.05, 0) is 19.4 Å². The maximum Gasteiger partial charge on any atom is 0.329 e. The minimum Gasteiger partial charge on any atom is -0.289 e. The molecule has 2 rings (SSSR count). The molecule has 1 aromatic heterocycles. The number of aromatic nitrogens is 2. The van der Waals surface area contributed by atoms with E-state index in [2.05, 4.69) is 11.6 Å². The van der Waals surface area contributed by atoms with Gasteiger partial charge in [-0.3, -0.25) is 14.3 Å². The molecule has 1 heterocycles. The van der Waals surface area contributed by atoms with Gasteiger partial charge in [-0.1, -0.05) is 35.9 Å². The summed E-state index contributed by atoms with van der Waals surface area (Å²) in [5.41, 5.74) is 1.79. The molecule has 0 aliphatic heterocycles. The summed E-state index contributed by atoms with van der Waals surface area (Å²) in [5, 5.41) is 0. The normalized spacial score (nSPS) is 12.1. The summed E-state index contributed by atoms with van der Waals surface area (Å²) in [6.07, 6.45) is 3.25. The van der Waals surface area contributed by atoms with Crippen LogP contribution in [-0.2, 0) is 0 Å². The van der Waals surface area contributed by atoms with Crippen molar-refractivity contribution < 1.29 is 0 Å². The predicted molar refractivity (Wildman–Crippen MR) is 75.6 cm³/mol. The standard InChI is InChI=1S/C15H16N2O2/c1-4-13(12-7-5-6-10(2)8-12)17-9-11(3)14(18)16-15(17)19/h4-9,13H,1H2,2-3H3,(H,16,18,19). The first kappa shape index (κ1) is 13.1. The molecule has 0 saturated carbocycles. The lowest BCUT2D eigenvalue weighted by atomic mass is 10.0. The molecule has 1 unspecified atom stereocenters. The summed E-state index contributed by atoms with van der Waals surface area (Å²) in [7, 11) is 0. The van der Waals surface area contributed by atoms with Crippen molar-refractivity contribution in [3.63, 3.8) is 0 Å². The fourth-order valence-electron chi connectivity index (χ4n) is 2.06. The summed E-state index contributed by atoms with van der Waals surface area (Å²) in [6.45, 7) is 7.45. The molecule has 4 heteroatoms. The van der Waals surface area contributed by atoms with Gasteiger partial charge in [0.25, 0.3) is 5.56 Å². The molecule has 0 amide bonds. The van der Waals surface area contributed by atoms with E-state index in [-0.39, 0.29) is 11.6 Å². The Kier molecular flexibility index (Phi) is 3.51. The Labute approximate surface area is 111 Å². The van der Waals surface area contributed by atoms with E-state index in [1.807, 2.05) is 31.2 Å². The Morgan fingerprint density at radius 3 is 2.68 bits per heavy atom. The predicted octanol–water partition coefficient (Wildman–Crippen LogP) is 1.93. The van der Waals surface area contributed by atoms with Crippen molar-refractivity contribution in [2.24, 2.45) is 0 Å². The van der Waals surface area contributed by atoms with E-state index in [1.54, 1.807) is 19.2 Å². The largest absolute Gasteiger partial charge is 0.329 e. The molecular formula is C15H16N2O2. The Morgan fingerprint density at radius 2 is 2.05 bits per heavy atom. The van der Waals surface area contributed by atoms with Crippen LogP contribution in [0.1, 0.15) is 22.7 Å². The van der Waals surface area contributed by atoms with E-state index in [0.717, 1.165) is 11.1 Å². The monoisotopic (exact) mass is 256 g/mol. The second-order valence-electron chi connectivity index (χ2n) is 4.57. The van der Waals surface area contributed by atoms with Gasteiger partial charge in [-0.25, -0.2) is 4.79 Å². The molecule has 4 nitrogen and oxygen atoms in total. The van der Waals surface area contributed by atoms with Crippen molar-refractivity contribution in [2.45, 2.75) is 19.9 Å². The van der Waals surface area contributed by atoms with Crippen LogP contribution in [0.25, 0.3) is 0 Å². The van der Waals surface area contributed by atoms with Crippen LogP contribution in [-0.4, -0.2) is 9.55 Å². The van der Waals surface area contributed by atoms with Crippen LogP contribution in [0.5, 0.6) is 0 Å². The van der Waals surface area contributed by atoms with Crippen LogP contribution in [0.15, 0.2) is 52.7 Å². The first-order valence-corrected chi connectivity index (χ1v) is 6.04. The maximum absolute atomic E-state index is 11.9. The molecule has 0 aliphatic carbocycles. The highest BCUT2D eigenvalue weighted by atomic mass is 16.2. The third-order valence-electron chi connectivity index (χ3n) is 3.05. The fraction of sp³-hybridized carbons (Fsp3) is 0.200. The lowest BCUT2D eigenvalue weighted by Crippen LogP contribution is -2.33. The first-order chi connectivity index (χ1) is 9.02. The van der Waals surface area contributed by atoms with Crippen LogP contribution in [0.2, 0.25) is 0 Å². The van der Waals surface area contributed by atoms with Crippen LogP contribution in [0, 0.1) is 13.8 Å². The molecule has 0 bridgehead atoms. The summed E-state index contributed by atoms with van der Waals surface area (Å²) in [5.74, 6) is 0. The van der Waals surface area contributed by atoms with Crippen molar-refractivity contribution in [1.82, 2.24) is 9.55 Å². The van der Waals surface area contributed by atoms with E-state index in [1.165, 1.54) is 4.57 Å². The average molecular weight is 256 g/mol. The molecule has 0 saturated heterocycles. The van der Waals surface area contributed by atoms with Gasteiger partial charge in [0, 0.05) is 11.8 Å². The average Bonchev–Trinajstić information content (AvgIpc) is 2.36. The van der Waals surface area contributed by atoms with Gasteiger partial charge in [-0.15, -0.1) is 6.58 Å². The van der Waals surface area contributed by atoms with Gasteiger partial charge < -0.3 is 0 Å². The number of rotatable bonds is 3. The van der Waals surface area contributed by atoms with Gasteiger partial charge in [0.15, 0.2) is 0 Å². The number of nitrogens with zero attached hydrogens (tertiary/aromatic N) is 1. The minimum atomic E-state index is -0.429. The number of hydrogen-bond acceptors (Lipinski definition) is 2. The van der Waals surface area contributed by atoms with Gasteiger partial charge in [0.05, 0.1) is 6.04 Å². The van der Waals surface area contributed by atoms with E-state index < -0.39 is 5.69 Å². The van der Waals surface area contributed by atoms with E-state index in [0.29, 0.717) is 5.56 Å². The van der Waals surface area contributed by atoms with Crippen molar-refractivity contribution in [3.8, 4) is 0 Å². The number of benzene rings is 1.